The third-order valence-corrected chi connectivity index (χ3v) is 4.28. The monoisotopic (exact) mass is 357 g/mol. The normalized spacial score (nSPS) is 14.9. The molecule has 0 saturated carbocycles. The third-order valence-electron chi connectivity index (χ3n) is 3.85. The molecule has 1 N–H and O–H groups in total. The number of benzene rings is 1. The summed E-state index contributed by atoms with van der Waals surface area (Å²) in [7, 11) is 1.87. The van der Waals surface area contributed by atoms with Crippen molar-refractivity contribution >= 4 is 35.0 Å². The van der Waals surface area contributed by atoms with Crippen LogP contribution in [0.1, 0.15) is 23.2 Å². The summed E-state index contributed by atoms with van der Waals surface area (Å²) < 4.78 is 0. The second-order valence-electron chi connectivity index (χ2n) is 5.54. The lowest BCUT2D eigenvalue weighted by atomic mass is 10.1. The molecular formula is C16H21Cl2N3O2. The Bertz CT molecular complexity index is 552. The van der Waals surface area contributed by atoms with Gasteiger partial charge >= 0.3 is 0 Å². The predicted octanol–water partition coefficient (Wildman–Crippen LogP) is 2.28. The summed E-state index contributed by atoms with van der Waals surface area (Å²) in [6.07, 6.45) is 1.37. The van der Waals surface area contributed by atoms with Crippen molar-refractivity contribution in [3.63, 3.8) is 0 Å². The van der Waals surface area contributed by atoms with Gasteiger partial charge in [-0.25, -0.2) is 0 Å². The average Bonchev–Trinajstić information content (AvgIpc) is 2.53. The molecule has 0 aliphatic carbocycles. The van der Waals surface area contributed by atoms with Crippen LogP contribution in [0.4, 0.5) is 0 Å². The smallest absolute Gasteiger partial charge is 0.254 e. The number of hydrogen-bond donors (Lipinski definition) is 1. The number of hydrogen-bond acceptors (Lipinski definition) is 3. The minimum absolute atomic E-state index is 0.100. The first-order valence-electron chi connectivity index (χ1n) is 7.69. The molecule has 7 heteroatoms. The Labute approximate surface area is 146 Å². The topological polar surface area (TPSA) is 52.7 Å². The second-order valence-corrected chi connectivity index (χ2v) is 6.41. The largest absolute Gasteiger partial charge is 0.339 e. The van der Waals surface area contributed by atoms with Crippen molar-refractivity contribution in [3.05, 3.63) is 33.8 Å². The summed E-state index contributed by atoms with van der Waals surface area (Å²) in [6.45, 7) is 3.03. The number of carbonyl (C=O) groups is 2. The Morgan fingerprint density at radius 3 is 2.17 bits per heavy atom. The average molecular weight is 358 g/mol. The van der Waals surface area contributed by atoms with Crippen LogP contribution in [0.2, 0.25) is 10.0 Å². The van der Waals surface area contributed by atoms with Crippen LogP contribution in [0.3, 0.4) is 0 Å². The van der Waals surface area contributed by atoms with Crippen LogP contribution in [0.15, 0.2) is 18.2 Å². The molecule has 1 fully saturated rings. The highest BCUT2D eigenvalue weighted by atomic mass is 35.5. The highest BCUT2D eigenvalue weighted by Crippen LogP contribution is 2.20. The molecule has 1 saturated heterocycles. The van der Waals surface area contributed by atoms with Crippen molar-refractivity contribution in [2.45, 2.75) is 12.8 Å². The molecule has 1 heterocycles. The molecule has 1 aromatic carbocycles. The van der Waals surface area contributed by atoms with Gasteiger partial charge < -0.3 is 15.1 Å². The minimum Gasteiger partial charge on any atom is -0.339 e. The van der Waals surface area contributed by atoms with E-state index in [9.17, 15) is 9.59 Å². The van der Waals surface area contributed by atoms with E-state index in [1.807, 2.05) is 11.9 Å². The summed E-state index contributed by atoms with van der Waals surface area (Å²) >= 11 is 11.9. The minimum atomic E-state index is -0.100. The molecule has 23 heavy (non-hydrogen) atoms. The fourth-order valence-electron chi connectivity index (χ4n) is 2.59. The quantitative estimate of drug-likeness (QED) is 0.822. The molecule has 0 atom stereocenters. The van der Waals surface area contributed by atoms with Gasteiger partial charge in [-0.15, -0.1) is 0 Å². The van der Waals surface area contributed by atoms with Crippen molar-refractivity contribution in [1.82, 2.24) is 15.1 Å². The number of nitrogens with one attached hydrogen (secondary N) is 1. The van der Waals surface area contributed by atoms with Gasteiger partial charge in [0.15, 0.2) is 0 Å². The van der Waals surface area contributed by atoms with Crippen LogP contribution in [-0.4, -0.2) is 61.4 Å². The van der Waals surface area contributed by atoms with Gasteiger partial charge in [0.2, 0.25) is 5.91 Å². The Hall–Kier alpha value is -1.30. The zero-order chi connectivity index (χ0) is 16.8. The zero-order valence-electron chi connectivity index (χ0n) is 13.1. The molecule has 2 rings (SSSR count). The van der Waals surface area contributed by atoms with Crippen LogP contribution < -0.4 is 5.32 Å². The van der Waals surface area contributed by atoms with E-state index in [4.69, 9.17) is 23.2 Å². The molecule has 1 aliphatic rings. The Morgan fingerprint density at radius 2 is 1.61 bits per heavy atom. The molecule has 0 radical (unpaired) electrons. The molecule has 0 spiro atoms. The highest BCUT2D eigenvalue weighted by Gasteiger charge is 2.24. The van der Waals surface area contributed by atoms with E-state index in [0.717, 1.165) is 13.0 Å². The first-order valence-corrected chi connectivity index (χ1v) is 8.44. The van der Waals surface area contributed by atoms with Gasteiger partial charge in [0.1, 0.15) is 0 Å². The molecule has 0 aromatic heterocycles. The Morgan fingerprint density at radius 1 is 1.04 bits per heavy atom. The van der Waals surface area contributed by atoms with Gasteiger partial charge in [0.05, 0.1) is 0 Å². The van der Waals surface area contributed by atoms with Crippen molar-refractivity contribution in [3.8, 4) is 0 Å². The van der Waals surface area contributed by atoms with Gasteiger partial charge in [0.25, 0.3) is 5.91 Å². The van der Waals surface area contributed by atoms with Crippen molar-refractivity contribution < 1.29 is 9.59 Å². The molecule has 0 unspecified atom stereocenters. The maximum atomic E-state index is 12.5. The summed E-state index contributed by atoms with van der Waals surface area (Å²) in [5.74, 6) is 0.0508. The van der Waals surface area contributed by atoms with Crippen molar-refractivity contribution in [2.24, 2.45) is 0 Å². The molecule has 126 valence electrons. The summed E-state index contributed by atoms with van der Waals surface area (Å²) in [4.78, 5) is 28.1. The fraction of sp³-hybridized carbons (Fsp3) is 0.500. The lowest BCUT2D eigenvalue weighted by Crippen LogP contribution is -2.50. The van der Waals surface area contributed by atoms with Crippen LogP contribution in [-0.2, 0) is 4.79 Å². The van der Waals surface area contributed by atoms with E-state index < -0.39 is 0 Å². The molecule has 5 nitrogen and oxygen atoms in total. The maximum absolute atomic E-state index is 12.5. The summed E-state index contributed by atoms with van der Waals surface area (Å²) in [6, 6.07) is 4.83. The molecular weight excluding hydrogens is 337 g/mol. The van der Waals surface area contributed by atoms with E-state index in [0.29, 0.717) is 48.2 Å². The summed E-state index contributed by atoms with van der Waals surface area (Å²) in [5.41, 5.74) is 0.483. The molecule has 0 bridgehead atoms. The van der Waals surface area contributed by atoms with E-state index in [1.54, 1.807) is 23.1 Å². The number of carbonyl (C=O) groups excluding carboxylic acids is 2. The first kappa shape index (κ1) is 18.0. The van der Waals surface area contributed by atoms with E-state index >= 15 is 0 Å². The SMILES string of the molecule is CNCCCC(=O)N1CCN(C(=O)c2cc(Cl)cc(Cl)c2)CC1. The first-order chi connectivity index (χ1) is 11.0. The van der Waals surface area contributed by atoms with Crippen molar-refractivity contribution in [1.29, 1.82) is 0 Å². The number of amides is 2. The zero-order valence-corrected chi connectivity index (χ0v) is 14.7. The van der Waals surface area contributed by atoms with Crippen LogP contribution >= 0.6 is 23.2 Å². The van der Waals surface area contributed by atoms with Crippen LogP contribution in [0, 0.1) is 0 Å². The summed E-state index contributed by atoms with van der Waals surface area (Å²) in [5, 5.41) is 3.92. The Balaban J connectivity index is 1.88. The number of rotatable bonds is 5. The van der Waals surface area contributed by atoms with Crippen molar-refractivity contribution in [2.75, 3.05) is 39.8 Å². The van der Waals surface area contributed by atoms with E-state index in [1.165, 1.54) is 0 Å². The second kappa shape index (κ2) is 8.52. The lowest BCUT2D eigenvalue weighted by Gasteiger charge is -2.35. The van der Waals surface area contributed by atoms with Gasteiger partial charge in [0, 0.05) is 48.2 Å². The third kappa shape index (κ3) is 5.09. The van der Waals surface area contributed by atoms with Crippen LogP contribution in [0.5, 0.6) is 0 Å². The van der Waals surface area contributed by atoms with Gasteiger partial charge in [-0.2, -0.15) is 0 Å². The number of halogens is 2. The van der Waals surface area contributed by atoms with Gasteiger partial charge in [-0.05, 0) is 38.2 Å². The standard InChI is InChI=1S/C16H21Cl2N3O2/c1-19-4-2-3-15(22)20-5-7-21(8-6-20)16(23)12-9-13(17)11-14(18)10-12/h9-11,19H,2-8H2,1H3. The molecule has 1 aliphatic heterocycles. The van der Waals surface area contributed by atoms with Crippen LogP contribution in [0.25, 0.3) is 0 Å². The van der Waals surface area contributed by atoms with E-state index in [2.05, 4.69) is 5.32 Å². The molecule has 2 amide bonds. The predicted molar refractivity (Wildman–Crippen MR) is 92.1 cm³/mol. The van der Waals surface area contributed by atoms with Gasteiger partial charge in [-0.1, -0.05) is 23.2 Å². The highest BCUT2D eigenvalue weighted by molar-refractivity contribution is 6.35. The van der Waals surface area contributed by atoms with E-state index in [-0.39, 0.29) is 11.8 Å². The number of piperazine rings is 1. The molecule has 1 aromatic rings. The Kier molecular flexibility index (Phi) is 6.69. The van der Waals surface area contributed by atoms with Gasteiger partial charge in [-0.3, -0.25) is 9.59 Å². The maximum Gasteiger partial charge on any atom is 0.254 e. The lowest BCUT2D eigenvalue weighted by molar-refractivity contribution is -0.132. The fourth-order valence-corrected chi connectivity index (χ4v) is 3.12. The number of nitrogens with zero attached hydrogens (tertiary/aromatic N) is 2.